The number of nitrogens with zero attached hydrogens (tertiary/aromatic N) is 5. The van der Waals surface area contributed by atoms with Crippen LogP contribution in [0.15, 0.2) is 103 Å². The van der Waals surface area contributed by atoms with Crippen LogP contribution in [0.1, 0.15) is 126 Å². The number of unbranched alkanes of at least 4 members (excludes halogenated alkanes) is 4. The number of carboxylic acid groups (broad SMARTS) is 1. The van der Waals surface area contributed by atoms with Gasteiger partial charge in [-0.15, -0.1) is 5.10 Å². The number of anilines is 2. The second-order valence-electron chi connectivity index (χ2n) is 19.2. The van der Waals surface area contributed by atoms with E-state index in [4.69, 9.17) is 4.74 Å². The van der Waals surface area contributed by atoms with E-state index in [-0.39, 0.29) is 61.8 Å². The highest BCUT2D eigenvalue weighted by atomic mass is 19.1. The number of hydrogen-bond donors (Lipinski definition) is 6. The molecule has 0 spiro atoms. The van der Waals surface area contributed by atoms with Crippen LogP contribution in [0.25, 0.3) is 22.4 Å². The molecule has 0 aliphatic carbocycles. The molecule has 5 amide bonds. The van der Waals surface area contributed by atoms with E-state index in [1.54, 1.807) is 53.2 Å². The van der Waals surface area contributed by atoms with Crippen molar-refractivity contribution in [2.24, 2.45) is 0 Å². The molecule has 6 aromatic rings. The van der Waals surface area contributed by atoms with E-state index in [0.717, 1.165) is 37.0 Å². The summed E-state index contributed by atoms with van der Waals surface area (Å²) in [4.78, 5) is 77.6. The van der Waals surface area contributed by atoms with Crippen molar-refractivity contribution in [3.8, 4) is 28.1 Å². The summed E-state index contributed by atoms with van der Waals surface area (Å²) in [5, 5.41) is 47.8. The average molecular weight is 1030 g/mol. The number of aromatic nitrogens is 4. The van der Waals surface area contributed by atoms with E-state index in [9.17, 15) is 48.5 Å². The molecule has 2 aromatic heterocycles. The van der Waals surface area contributed by atoms with Crippen molar-refractivity contribution in [2.45, 2.75) is 122 Å². The molecule has 75 heavy (non-hydrogen) atoms. The van der Waals surface area contributed by atoms with Crippen LogP contribution < -0.4 is 20.7 Å². The topological polar surface area (TPSA) is 247 Å². The molecule has 3 atom stereocenters. The fourth-order valence-electron chi connectivity index (χ4n) is 9.83. The number of aliphatic hydroxyl groups excluding tert-OH is 2. The highest BCUT2D eigenvalue weighted by Gasteiger charge is 2.45. The number of imide groups is 2. The summed E-state index contributed by atoms with van der Waals surface area (Å²) in [7, 11) is 0. The maximum Gasteiger partial charge on any atom is 0.305 e. The van der Waals surface area contributed by atoms with E-state index in [2.05, 4.69) is 26.3 Å². The van der Waals surface area contributed by atoms with Gasteiger partial charge in [-0.1, -0.05) is 74.7 Å². The van der Waals surface area contributed by atoms with Crippen molar-refractivity contribution < 1.29 is 53.2 Å². The van der Waals surface area contributed by atoms with E-state index >= 15 is 0 Å². The van der Waals surface area contributed by atoms with Crippen LogP contribution >= 0.6 is 0 Å². The van der Waals surface area contributed by atoms with Crippen LogP contribution in [0.5, 0.6) is 5.75 Å². The summed E-state index contributed by atoms with van der Waals surface area (Å²) in [6, 6.07) is 26.3. The smallest absolute Gasteiger partial charge is 0.305 e. The van der Waals surface area contributed by atoms with Gasteiger partial charge in [-0.2, -0.15) is 0 Å². The van der Waals surface area contributed by atoms with Crippen molar-refractivity contribution in [3.05, 3.63) is 137 Å². The molecule has 1 saturated heterocycles. The number of carboxylic acids is 1. The minimum atomic E-state index is -1.25. The molecule has 2 aliphatic heterocycles. The SMILES string of the molecule is CC(C)c1c(C(=O)Nc2ccccc2)c(-c2cccc(OCc3cn(CCCCCCCNc4cccc5c4C(=O)N(C4CCC(=O)NC4=O)C5=O)nn3)c2)c(-c2ccc(F)cc2)n1CCC(O)CC(O)CC(=O)O. The predicted octanol–water partition coefficient (Wildman–Crippen LogP) is 7.95. The molecule has 392 valence electrons. The highest BCUT2D eigenvalue weighted by Crippen LogP contribution is 2.44. The molecule has 19 heteroatoms. The number of carbonyl (C=O) groups is 6. The van der Waals surface area contributed by atoms with Crippen LogP contribution in [-0.4, -0.2) is 100 Å². The average Bonchev–Trinajstić information content (AvgIpc) is 4.08. The number of halogens is 1. The van der Waals surface area contributed by atoms with E-state index in [0.29, 0.717) is 69.5 Å². The van der Waals surface area contributed by atoms with Crippen molar-refractivity contribution >= 4 is 46.9 Å². The van der Waals surface area contributed by atoms with Gasteiger partial charge in [0.1, 0.15) is 29.9 Å². The van der Waals surface area contributed by atoms with Gasteiger partial charge in [0, 0.05) is 48.7 Å². The number of nitrogens with one attached hydrogen (secondary N) is 3. The zero-order valence-electron chi connectivity index (χ0n) is 41.8. The Kier molecular flexibility index (Phi) is 17.3. The summed E-state index contributed by atoms with van der Waals surface area (Å²) in [6.07, 6.45) is 3.60. The summed E-state index contributed by atoms with van der Waals surface area (Å²) in [6.45, 7) is 5.42. The first-order chi connectivity index (χ1) is 36.2. The third kappa shape index (κ3) is 12.8. The van der Waals surface area contributed by atoms with E-state index < -0.39 is 60.1 Å². The number of aliphatic carboxylic acids is 1. The number of ether oxygens (including phenoxy) is 1. The highest BCUT2D eigenvalue weighted by molar-refractivity contribution is 6.25. The number of amides is 5. The first-order valence-corrected chi connectivity index (χ1v) is 25.3. The third-order valence-corrected chi connectivity index (χ3v) is 13.3. The van der Waals surface area contributed by atoms with E-state index in [1.807, 2.05) is 61.0 Å². The molecule has 0 radical (unpaired) electrons. The Morgan fingerprint density at radius 1 is 0.840 bits per heavy atom. The molecular formula is C56H61FN8O10. The lowest BCUT2D eigenvalue weighted by molar-refractivity contribution is -0.140. The van der Waals surface area contributed by atoms with Gasteiger partial charge in [0.15, 0.2) is 0 Å². The number of benzene rings is 4. The normalized spacial score (nSPS) is 15.2. The number of para-hydroxylation sites is 1. The van der Waals surface area contributed by atoms with Crippen LogP contribution in [-0.2, 0) is 34.1 Å². The number of carbonyl (C=O) groups excluding carboxylic acids is 5. The standard InChI is InChI=1S/C56H61FN8O10/c1-34(2)51-50(54(72)59-38-14-7-6-8-15-38)48(52(35-19-21-37(57)22-20-35)64(51)28-25-40(66)30-41(67)31-47(69)70)36-13-11-16-42(29-36)75-33-39-32-63(62-61-39)27-10-5-3-4-9-26-58-44-18-12-17-43-49(44)56(74)65(55(43)73)45-23-24-46(68)60-53(45)71/h6-8,11-22,29,32,34,40-41,45,58,66-67H,3-5,9-10,23-28,30-31,33H2,1-2H3,(H,59,72)(H,69,70)(H,60,68,71). The Hall–Kier alpha value is -8.03. The lowest BCUT2D eigenvalue weighted by Gasteiger charge is -2.27. The van der Waals surface area contributed by atoms with Gasteiger partial charge in [-0.3, -0.25) is 43.7 Å². The predicted molar refractivity (Wildman–Crippen MR) is 276 cm³/mol. The van der Waals surface area contributed by atoms with Gasteiger partial charge in [-0.25, -0.2) is 4.39 Å². The lowest BCUT2D eigenvalue weighted by Crippen LogP contribution is -2.54. The zero-order chi connectivity index (χ0) is 53.2. The summed E-state index contributed by atoms with van der Waals surface area (Å²) < 4.78 is 24.5. The number of piperidine rings is 1. The minimum absolute atomic E-state index is 0.0532. The summed E-state index contributed by atoms with van der Waals surface area (Å²) in [5.74, 6) is -3.91. The fraction of sp³-hybridized carbons (Fsp3) is 0.357. The fourth-order valence-corrected chi connectivity index (χ4v) is 9.83. The molecule has 0 bridgehead atoms. The Morgan fingerprint density at radius 3 is 2.33 bits per heavy atom. The second kappa shape index (κ2) is 24.3. The van der Waals surface area contributed by atoms with Gasteiger partial charge in [0.2, 0.25) is 11.8 Å². The van der Waals surface area contributed by atoms with Gasteiger partial charge in [0.25, 0.3) is 17.7 Å². The van der Waals surface area contributed by atoms with Gasteiger partial charge in [0.05, 0.1) is 47.2 Å². The Morgan fingerprint density at radius 2 is 1.59 bits per heavy atom. The Balaban J connectivity index is 0.904. The molecule has 4 aromatic carbocycles. The van der Waals surface area contributed by atoms with Crippen LogP contribution in [0.4, 0.5) is 15.8 Å². The van der Waals surface area contributed by atoms with Crippen molar-refractivity contribution in [1.29, 1.82) is 0 Å². The second-order valence-corrected chi connectivity index (χ2v) is 19.2. The first kappa shape index (κ1) is 53.3. The first-order valence-electron chi connectivity index (χ1n) is 25.3. The number of aliphatic hydroxyl groups is 2. The maximum atomic E-state index is 14.7. The van der Waals surface area contributed by atoms with Crippen LogP contribution in [0.3, 0.4) is 0 Å². The minimum Gasteiger partial charge on any atom is -0.487 e. The molecule has 1 fully saturated rings. The maximum absolute atomic E-state index is 14.7. The van der Waals surface area contributed by atoms with E-state index in [1.165, 1.54) is 12.1 Å². The molecule has 6 N–H and O–H groups in total. The van der Waals surface area contributed by atoms with Gasteiger partial charge in [-0.05, 0) is 110 Å². The van der Waals surface area contributed by atoms with Gasteiger partial charge >= 0.3 is 5.97 Å². The summed E-state index contributed by atoms with van der Waals surface area (Å²) in [5.41, 5.74) is 5.62. The molecule has 0 saturated carbocycles. The molecule has 3 unspecified atom stereocenters. The van der Waals surface area contributed by atoms with Crippen LogP contribution in [0.2, 0.25) is 0 Å². The Bertz CT molecular complexity index is 3050. The summed E-state index contributed by atoms with van der Waals surface area (Å²) >= 11 is 0. The molecule has 2 aliphatic rings. The van der Waals surface area contributed by atoms with Crippen molar-refractivity contribution in [3.63, 3.8) is 0 Å². The number of fused-ring (bicyclic) bond motifs is 1. The van der Waals surface area contributed by atoms with Crippen molar-refractivity contribution in [2.75, 3.05) is 17.2 Å². The number of aryl methyl sites for hydroxylation is 1. The van der Waals surface area contributed by atoms with Crippen LogP contribution in [0, 0.1) is 5.82 Å². The molecule has 8 rings (SSSR count). The lowest BCUT2D eigenvalue weighted by atomic mass is 9.94. The largest absolute Gasteiger partial charge is 0.487 e. The van der Waals surface area contributed by atoms with Crippen molar-refractivity contribution in [1.82, 2.24) is 29.8 Å². The third-order valence-electron chi connectivity index (χ3n) is 13.3. The monoisotopic (exact) mass is 1020 g/mol. The Labute approximate surface area is 432 Å². The quantitative estimate of drug-likeness (QED) is 0.0236. The molecule has 4 heterocycles. The zero-order valence-corrected chi connectivity index (χ0v) is 41.8. The number of hydrogen-bond acceptors (Lipinski definition) is 12. The van der Waals surface area contributed by atoms with Gasteiger partial charge < -0.3 is 35.3 Å². The molecular weight excluding hydrogens is 964 g/mol. The number of rotatable bonds is 25. The molecule has 18 nitrogen and oxygen atoms in total.